The molecule has 1 unspecified atom stereocenters. The molecule has 0 aliphatic carbocycles. The summed E-state index contributed by atoms with van der Waals surface area (Å²) >= 11 is 0.927. The predicted octanol–water partition coefficient (Wildman–Crippen LogP) is 1.07. The van der Waals surface area contributed by atoms with Crippen molar-refractivity contribution in [2.45, 2.75) is 43.0 Å². The van der Waals surface area contributed by atoms with E-state index in [4.69, 9.17) is 5.73 Å². The Hall–Kier alpha value is -0.730. The highest BCUT2D eigenvalue weighted by molar-refractivity contribution is 7.91. The molecule has 6 nitrogen and oxygen atoms in total. The minimum Gasteiger partial charge on any atom is -0.374 e. The second-order valence-corrected chi connectivity index (χ2v) is 7.15. The number of rotatable bonds is 3. The molecule has 1 aromatic rings. The Bertz CT molecular complexity index is 485. The van der Waals surface area contributed by atoms with Crippen LogP contribution in [0.3, 0.4) is 0 Å². The third kappa shape index (κ3) is 2.43. The Morgan fingerprint density at radius 2 is 2.24 bits per heavy atom. The lowest BCUT2D eigenvalue weighted by atomic mass is 10.0. The standard InChI is InChI=1S/C9H16N4O2S2/c1-2-7-5-3-4-6-13(7)17(14,15)9-12-11-8(10)16-9/h7H,2-6H2,1H3,(H2,10,11). The molecule has 1 aliphatic heterocycles. The zero-order valence-corrected chi connectivity index (χ0v) is 11.3. The van der Waals surface area contributed by atoms with Gasteiger partial charge in [-0.3, -0.25) is 0 Å². The minimum atomic E-state index is -3.50. The third-order valence-electron chi connectivity index (χ3n) is 3.00. The normalized spacial score (nSPS) is 22.8. The van der Waals surface area contributed by atoms with E-state index < -0.39 is 10.0 Å². The molecule has 1 fully saturated rings. The summed E-state index contributed by atoms with van der Waals surface area (Å²) in [5.74, 6) is 0. The number of hydrogen-bond acceptors (Lipinski definition) is 6. The molecule has 8 heteroatoms. The molecule has 96 valence electrons. The van der Waals surface area contributed by atoms with Crippen LogP contribution >= 0.6 is 11.3 Å². The lowest BCUT2D eigenvalue weighted by Crippen LogP contribution is -2.43. The molecule has 0 bridgehead atoms. The van der Waals surface area contributed by atoms with E-state index in [1.54, 1.807) is 4.31 Å². The van der Waals surface area contributed by atoms with Gasteiger partial charge in [-0.05, 0) is 19.3 Å². The molecule has 1 aromatic heterocycles. The number of nitrogen functional groups attached to an aromatic ring is 1. The van der Waals surface area contributed by atoms with Crippen LogP contribution in [0, 0.1) is 0 Å². The fourth-order valence-electron chi connectivity index (χ4n) is 2.12. The van der Waals surface area contributed by atoms with Crippen LogP contribution in [0.15, 0.2) is 4.34 Å². The summed E-state index contributed by atoms with van der Waals surface area (Å²) in [6.07, 6.45) is 3.74. The highest BCUT2D eigenvalue weighted by atomic mass is 32.2. The molecule has 0 saturated carbocycles. The Labute approximate surface area is 105 Å². The van der Waals surface area contributed by atoms with Gasteiger partial charge in [-0.25, -0.2) is 8.42 Å². The highest BCUT2D eigenvalue weighted by Crippen LogP contribution is 2.28. The largest absolute Gasteiger partial charge is 0.374 e. The van der Waals surface area contributed by atoms with Gasteiger partial charge in [-0.2, -0.15) is 4.31 Å². The first kappa shape index (κ1) is 12.7. The molecule has 0 aromatic carbocycles. The number of sulfonamides is 1. The second kappa shape index (κ2) is 4.87. The van der Waals surface area contributed by atoms with Crippen molar-refractivity contribution in [3.05, 3.63) is 0 Å². The van der Waals surface area contributed by atoms with Crippen molar-refractivity contribution >= 4 is 26.5 Å². The van der Waals surface area contributed by atoms with E-state index >= 15 is 0 Å². The average Bonchev–Trinajstić information content (AvgIpc) is 2.76. The molecule has 17 heavy (non-hydrogen) atoms. The highest BCUT2D eigenvalue weighted by Gasteiger charge is 2.34. The predicted molar refractivity (Wildman–Crippen MR) is 66.1 cm³/mol. The molecule has 0 spiro atoms. The number of anilines is 1. The van der Waals surface area contributed by atoms with Crippen LogP contribution in [0.1, 0.15) is 32.6 Å². The smallest absolute Gasteiger partial charge is 0.272 e. The van der Waals surface area contributed by atoms with Crippen molar-refractivity contribution in [1.82, 2.24) is 14.5 Å². The van der Waals surface area contributed by atoms with Gasteiger partial charge in [-0.15, -0.1) is 10.2 Å². The molecular weight excluding hydrogens is 260 g/mol. The summed E-state index contributed by atoms with van der Waals surface area (Å²) in [5.41, 5.74) is 5.43. The van der Waals surface area contributed by atoms with Crippen molar-refractivity contribution in [3.63, 3.8) is 0 Å². The van der Waals surface area contributed by atoms with Crippen molar-refractivity contribution < 1.29 is 8.42 Å². The van der Waals surface area contributed by atoms with E-state index in [0.717, 1.165) is 37.0 Å². The van der Waals surface area contributed by atoms with Gasteiger partial charge in [0.2, 0.25) is 9.47 Å². The maximum absolute atomic E-state index is 12.3. The molecular formula is C9H16N4O2S2. The second-order valence-electron chi connectivity index (χ2n) is 4.08. The van der Waals surface area contributed by atoms with Crippen LogP contribution in [-0.2, 0) is 10.0 Å². The molecule has 1 saturated heterocycles. The SMILES string of the molecule is CCC1CCCCN1S(=O)(=O)c1nnc(N)s1. The first-order chi connectivity index (χ1) is 8.05. The molecule has 0 amide bonds. The fourth-order valence-corrected chi connectivity index (χ4v) is 4.79. The quantitative estimate of drug-likeness (QED) is 0.892. The molecule has 1 aliphatic rings. The van der Waals surface area contributed by atoms with Crippen molar-refractivity contribution in [2.75, 3.05) is 12.3 Å². The maximum Gasteiger partial charge on any atom is 0.272 e. The third-order valence-corrected chi connectivity index (χ3v) is 6.05. The summed E-state index contributed by atoms with van der Waals surface area (Å²) in [5, 5.41) is 7.40. The monoisotopic (exact) mass is 276 g/mol. The molecule has 2 heterocycles. The lowest BCUT2D eigenvalue weighted by molar-refractivity contribution is 0.246. The molecule has 2 rings (SSSR count). The fraction of sp³-hybridized carbons (Fsp3) is 0.778. The zero-order chi connectivity index (χ0) is 12.5. The lowest BCUT2D eigenvalue weighted by Gasteiger charge is -2.33. The number of hydrogen-bond donors (Lipinski definition) is 1. The van der Waals surface area contributed by atoms with Crippen LogP contribution in [-0.4, -0.2) is 35.5 Å². The first-order valence-electron chi connectivity index (χ1n) is 5.66. The van der Waals surface area contributed by atoms with Gasteiger partial charge in [0.15, 0.2) is 0 Å². The Balaban J connectivity index is 2.30. The number of nitrogens with zero attached hydrogens (tertiary/aromatic N) is 3. The van der Waals surface area contributed by atoms with Gasteiger partial charge in [0.05, 0.1) is 0 Å². The van der Waals surface area contributed by atoms with Gasteiger partial charge in [0, 0.05) is 12.6 Å². The number of aromatic nitrogens is 2. The Morgan fingerprint density at radius 3 is 2.82 bits per heavy atom. The van der Waals surface area contributed by atoms with Crippen molar-refractivity contribution in [3.8, 4) is 0 Å². The van der Waals surface area contributed by atoms with Crippen LogP contribution < -0.4 is 5.73 Å². The van der Waals surface area contributed by atoms with Gasteiger partial charge in [-0.1, -0.05) is 24.7 Å². The van der Waals surface area contributed by atoms with E-state index in [0.29, 0.717) is 6.54 Å². The Kier molecular flexibility index (Phi) is 3.64. The van der Waals surface area contributed by atoms with Crippen LogP contribution in [0.5, 0.6) is 0 Å². The van der Waals surface area contributed by atoms with Gasteiger partial charge < -0.3 is 5.73 Å². The van der Waals surface area contributed by atoms with Crippen LogP contribution in [0.4, 0.5) is 5.13 Å². The minimum absolute atomic E-state index is 0.00958. The molecule has 2 N–H and O–H groups in total. The van der Waals surface area contributed by atoms with E-state index in [1.165, 1.54) is 0 Å². The van der Waals surface area contributed by atoms with Gasteiger partial charge >= 0.3 is 0 Å². The summed E-state index contributed by atoms with van der Waals surface area (Å²) in [6, 6.07) is 0.0823. The number of piperidine rings is 1. The molecule has 1 atom stereocenters. The van der Waals surface area contributed by atoms with Crippen molar-refractivity contribution in [2.24, 2.45) is 0 Å². The summed E-state index contributed by atoms with van der Waals surface area (Å²) in [6.45, 7) is 2.58. The van der Waals surface area contributed by atoms with Crippen LogP contribution in [0.2, 0.25) is 0 Å². The van der Waals surface area contributed by atoms with E-state index in [1.807, 2.05) is 6.92 Å². The summed E-state index contributed by atoms with van der Waals surface area (Å²) in [7, 11) is -3.50. The van der Waals surface area contributed by atoms with Gasteiger partial charge in [0.1, 0.15) is 0 Å². The van der Waals surface area contributed by atoms with Gasteiger partial charge in [0.25, 0.3) is 10.0 Å². The average molecular weight is 276 g/mol. The van der Waals surface area contributed by atoms with Crippen LogP contribution in [0.25, 0.3) is 0 Å². The molecule has 0 radical (unpaired) electrons. The van der Waals surface area contributed by atoms with E-state index in [2.05, 4.69) is 10.2 Å². The first-order valence-corrected chi connectivity index (χ1v) is 7.92. The maximum atomic E-state index is 12.3. The summed E-state index contributed by atoms with van der Waals surface area (Å²) < 4.78 is 26.3. The summed E-state index contributed by atoms with van der Waals surface area (Å²) in [4.78, 5) is 0. The van der Waals surface area contributed by atoms with Crippen molar-refractivity contribution in [1.29, 1.82) is 0 Å². The van der Waals surface area contributed by atoms with E-state index in [-0.39, 0.29) is 15.5 Å². The van der Waals surface area contributed by atoms with E-state index in [9.17, 15) is 8.42 Å². The zero-order valence-electron chi connectivity index (χ0n) is 9.66. The number of nitrogens with two attached hydrogens (primary N) is 1. The topological polar surface area (TPSA) is 89.2 Å². The Morgan fingerprint density at radius 1 is 1.47 bits per heavy atom.